The van der Waals surface area contributed by atoms with Crippen LogP contribution >= 0.6 is 0 Å². The van der Waals surface area contributed by atoms with E-state index in [-0.39, 0.29) is 0 Å². The lowest BCUT2D eigenvalue weighted by Crippen LogP contribution is -2.19. The normalized spacial score (nSPS) is 30.5. The fourth-order valence-electron chi connectivity index (χ4n) is 2.78. The molecule has 0 aromatic rings. The summed E-state index contributed by atoms with van der Waals surface area (Å²) in [4.78, 5) is 0. The van der Waals surface area contributed by atoms with Gasteiger partial charge in [0, 0.05) is 0 Å². The van der Waals surface area contributed by atoms with Gasteiger partial charge in [0.25, 0.3) is 0 Å². The molecule has 0 N–H and O–H groups in total. The summed E-state index contributed by atoms with van der Waals surface area (Å²) in [5.41, 5.74) is 1.98. The average Bonchev–Trinajstić information content (AvgIpc) is 2.01. The molecule has 0 spiro atoms. The van der Waals surface area contributed by atoms with E-state index < -0.39 is 0 Å². The van der Waals surface area contributed by atoms with Gasteiger partial charge in [-0.1, -0.05) is 58.6 Å². The SMILES string of the molecule is CC(=CC(C)(C)C)C1CCCCC1C. The summed E-state index contributed by atoms with van der Waals surface area (Å²) in [5.74, 6) is 1.77. The molecule has 1 saturated carbocycles. The standard InChI is InChI=1S/C14H26/c1-11-8-6-7-9-13(11)12(2)10-14(3,4)5/h10-11,13H,6-9H2,1-5H3. The Kier molecular flexibility index (Phi) is 3.80. The highest BCUT2D eigenvalue weighted by molar-refractivity contribution is 5.09. The van der Waals surface area contributed by atoms with Gasteiger partial charge in [0.1, 0.15) is 0 Å². The minimum Gasteiger partial charge on any atom is -0.0799 e. The summed E-state index contributed by atoms with van der Waals surface area (Å²) in [6.45, 7) is 11.6. The number of rotatable bonds is 1. The predicted molar refractivity (Wildman–Crippen MR) is 64.3 cm³/mol. The minimum absolute atomic E-state index is 0.348. The fraction of sp³-hybridized carbons (Fsp3) is 0.857. The first-order chi connectivity index (χ1) is 6.40. The Morgan fingerprint density at radius 2 is 1.71 bits per heavy atom. The van der Waals surface area contributed by atoms with Crippen LogP contribution in [0.2, 0.25) is 0 Å². The van der Waals surface area contributed by atoms with E-state index in [9.17, 15) is 0 Å². The Bertz CT molecular complexity index is 205. The summed E-state index contributed by atoms with van der Waals surface area (Å²) in [6.07, 6.45) is 8.20. The van der Waals surface area contributed by atoms with Crippen molar-refractivity contribution in [3.8, 4) is 0 Å². The Balaban J connectivity index is 2.67. The van der Waals surface area contributed by atoms with E-state index in [1.807, 2.05) is 0 Å². The second-order valence-corrected chi connectivity index (χ2v) is 6.12. The number of hydrogen-bond acceptors (Lipinski definition) is 0. The minimum atomic E-state index is 0.348. The van der Waals surface area contributed by atoms with Gasteiger partial charge in [-0.25, -0.2) is 0 Å². The van der Waals surface area contributed by atoms with Crippen LogP contribution in [-0.4, -0.2) is 0 Å². The van der Waals surface area contributed by atoms with Gasteiger partial charge in [0.15, 0.2) is 0 Å². The molecule has 1 fully saturated rings. The third-order valence-electron chi connectivity index (χ3n) is 3.36. The maximum Gasteiger partial charge on any atom is -0.0180 e. The lowest BCUT2D eigenvalue weighted by atomic mass is 9.75. The van der Waals surface area contributed by atoms with Crippen LogP contribution in [0.4, 0.5) is 0 Å². The Morgan fingerprint density at radius 1 is 1.14 bits per heavy atom. The van der Waals surface area contributed by atoms with Crippen molar-refractivity contribution in [1.82, 2.24) is 0 Å². The molecule has 1 rings (SSSR count). The molecule has 14 heavy (non-hydrogen) atoms. The molecule has 0 nitrogen and oxygen atoms in total. The van der Waals surface area contributed by atoms with E-state index in [0.717, 1.165) is 11.8 Å². The molecule has 0 aromatic carbocycles. The van der Waals surface area contributed by atoms with E-state index in [4.69, 9.17) is 0 Å². The molecule has 0 heterocycles. The van der Waals surface area contributed by atoms with Crippen LogP contribution in [0.1, 0.15) is 60.3 Å². The Morgan fingerprint density at radius 3 is 2.21 bits per heavy atom. The third kappa shape index (κ3) is 3.48. The van der Waals surface area contributed by atoms with Crippen LogP contribution in [0.25, 0.3) is 0 Å². The molecule has 0 radical (unpaired) electrons. The lowest BCUT2D eigenvalue weighted by Gasteiger charge is -2.31. The molecule has 2 atom stereocenters. The zero-order valence-corrected chi connectivity index (χ0v) is 10.6. The number of allylic oxidation sites excluding steroid dienone is 2. The molecular weight excluding hydrogens is 168 g/mol. The second kappa shape index (κ2) is 4.51. The van der Waals surface area contributed by atoms with Crippen LogP contribution in [0.15, 0.2) is 11.6 Å². The van der Waals surface area contributed by atoms with Crippen molar-refractivity contribution < 1.29 is 0 Å². The van der Waals surface area contributed by atoms with Crippen LogP contribution < -0.4 is 0 Å². The molecule has 82 valence electrons. The van der Waals surface area contributed by atoms with Gasteiger partial charge in [0.2, 0.25) is 0 Å². The van der Waals surface area contributed by atoms with Gasteiger partial charge in [-0.2, -0.15) is 0 Å². The molecule has 0 heteroatoms. The highest BCUT2D eigenvalue weighted by atomic mass is 14.3. The van der Waals surface area contributed by atoms with Crippen LogP contribution in [0.5, 0.6) is 0 Å². The molecule has 2 unspecified atom stereocenters. The summed E-state index contributed by atoms with van der Waals surface area (Å²) in [5, 5.41) is 0. The highest BCUT2D eigenvalue weighted by Crippen LogP contribution is 2.36. The van der Waals surface area contributed by atoms with Crippen molar-refractivity contribution in [2.24, 2.45) is 17.3 Å². The first-order valence-corrected chi connectivity index (χ1v) is 6.09. The lowest BCUT2D eigenvalue weighted by molar-refractivity contribution is 0.290. The molecular formula is C14H26. The van der Waals surface area contributed by atoms with E-state index in [2.05, 4.69) is 40.7 Å². The zero-order valence-electron chi connectivity index (χ0n) is 10.6. The quantitative estimate of drug-likeness (QED) is 0.526. The smallest absolute Gasteiger partial charge is 0.0180 e. The van der Waals surface area contributed by atoms with Crippen molar-refractivity contribution in [2.45, 2.75) is 60.3 Å². The first kappa shape index (κ1) is 11.8. The first-order valence-electron chi connectivity index (χ1n) is 6.09. The zero-order chi connectivity index (χ0) is 10.8. The summed E-state index contributed by atoms with van der Waals surface area (Å²) in [6, 6.07) is 0. The fourth-order valence-corrected chi connectivity index (χ4v) is 2.78. The van der Waals surface area contributed by atoms with Crippen molar-refractivity contribution in [3.05, 3.63) is 11.6 Å². The van der Waals surface area contributed by atoms with Gasteiger partial charge >= 0.3 is 0 Å². The molecule has 0 bridgehead atoms. The monoisotopic (exact) mass is 194 g/mol. The summed E-state index contributed by atoms with van der Waals surface area (Å²) >= 11 is 0. The molecule has 1 aliphatic carbocycles. The Labute approximate surface area is 89.8 Å². The van der Waals surface area contributed by atoms with Gasteiger partial charge in [-0.15, -0.1) is 0 Å². The van der Waals surface area contributed by atoms with Gasteiger partial charge in [-0.05, 0) is 30.6 Å². The molecule has 0 aromatic heterocycles. The highest BCUT2D eigenvalue weighted by Gasteiger charge is 2.23. The molecule has 0 saturated heterocycles. The largest absolute Gasteiger partial charge is 0.0799 e. The average molecular weight is 194 g/mol. The predicted octanol–water partition coefficient (Wildman–Crippen LogP) is 4.81. The van der Waals surface area contributed by atoms with E-state index >= 15 is 0 Å². The maximum atomic E-state index is 2.47. The second-order valence-electron chi connectivity index (χ2n) is 6.12. The van der Waals surface area contributed by atoms with Crippen molar-refractivity contribution in [2.75, 3.05) is 0 Å². The van der Waals surface area contributed by atoms with E-state index in [1.54, 1.807) is 5.57 Å². The third-order valence-corrected chi connectivity index (χ3v) is 3.36. The molecule has 0 amide bonds. The van der Waals surface area contributed by atoms with Crippen LogP contribution in [-0.2, 0) is 0 Å². The van der Waals surface area contributed by atoms with Crippen LogP contribution in [0, 0.1) is 17.3 Å². The van der Waals surface area contributed by atoms with Crippen molar-refractivity contribution >= 4 is 0 Å². The number of hydrogen-bond donors (Lipinski definition) is 0. The molecule has 0 aliphatic heterocycles. The van der Waals surface area contributed by atoms with Gasteiger partial charge in [-0.3, -0.25) is 0 Å². The Hall–Kier alpha value is -0.260. The van der Waals surface area contributed by atoms with Gasteiger partial charge < -0.3 is 0 Å². The summed E-state index contributed by atoms with van der Waals surface area (Å²) < 4.78 is 0. The van der Waals surface area contributed by atoms with Crippen molar-refractivity contribution in [3.63, 3.8) is 0 Å². The van der Waals surface area contributed by atoms with Crippen molar-refractivity contribution in [1.29, 1.82) is 0 Å². The maximum absolute atomic E-state index is 2.47. The topological polar surface area (TPSA) is 0 Å². The summed E-state index contributed by atoms with van der Waals surface area (Å²) in [7, 11) is 0. The van der Waals surface area contributed by atoms with E-state index in [1.165, 1.54) is 25.7 Å². The van der Waals surface area contributed by atoms with E-state index in [0.29, 0.717) is 5.41 Å². The molecule has 1 aliphatic rings. The van der Waals surface area contributed by atoms with Crippen LogP contribution in [0.3, 0.4) is 0 Å². The van der Waals surface area contributed by atoms with Gasteiger partial charge in [0.05, 0.1) is 0 Å².